The number of benzene rings is 3. The second-order valence-corrected chi connectivity index (χ2v) is 12.4. The molecule has 3 aromatic carbocycles. The molecule has 0 spiro atoms. The monoisotopic (exact) mass is 690 g/mol. The highest BCUT2D eigenvalue weighted by molar-refractivity contribution is 5.69. The van der Waals surface area contributed by atoms with Crippen molar-refractivity contribution in [2.24, 2.45) is 0 Å². The van der Waals surface area contributed by atoms with Gasteiger partial charge in [-0.1, -0.05) is 36.4 Å². The molecule has 0 bridgehead atoms. The molecule has 9 nitrogen and oxygen atoms in total. The fourth-order valence-electron chi connectivity index (χ4n) is 5.67. The molecule has 0 fully saturated rings. The van der Waals surface area contributed by atoms with Gasteiger partial charge < -0.3 is 28.4 Å². The van der Waals surface area contributed by atoms with E-state index in [-0.39, 0.29) is 17.9 Å². The number of esters is 3. The molecule has 0 N–H and O–H groups in total. The van der Waals surface area contributed by atoms with E-state index in [0.29, 0.717) is 39.1 Å². The molecule has 0 aromatic heterocycles. The van der Waals surface area contributed by atoms with Crippen LogP contribution in [0.3, 0.4) is 0 Å². The van der Waals surface area contributed by atoms with E-state index in [2.05, 4.69) is 43.3 Å². The minimum atomic E-state index is -0.481. The number of hydrogen-bond donors (Lipinski definition) is 0. The molecule has 0 aliphatic heterocycles. The maximum absolute atomic E-state index is 11.3. The van der Waals surface area contributed by atoms with E-state index in [4.69, 9.17) is 28.4 Å². The first-order chi connectivity index (χ1) is 24.3. The van der Waals surface area contributed by atoms with E-state index in [1.165, 1.54) is 21.3 Å². The van der Waals surface area contributed by atoms with E-state index >= 15 is 0 Å². The summed E-state index contributed by atoms with van der Waals surface area (Å²) in [4.78, 5) is 34.0. The Hall–Kier alpha value is -4.53. The standard InChI is InChI=1S/C41H54O9/c1-41(32-17-23-35(24-18-32)48-29-11-5-8-14-38(42)45-2,33-19-25-36(26-20-33)49-30-12-6-9-15-39(43)46-3)34-21-27-37(28-22-34)50-31-13-7-10-16-40(44)47-4/h17-28H,5-16,29-31H2,1-4H3. The fraction of sp³-hybridized carbons (Fsp3) is 0.488. The average Bonchev–Trinajstić information content (AvgIpc) is 3.15. The molecule has 0 saturated heterocycles. The quantitative estimate of drug-likeness (QED) is 0.0397. The van der Waals surface area contributed by atoms with Crippen molar-refractivity contribution < 1.29 is 42.8 Å². The second-order valence-electron chi connectivity index (χ2n) is 12.4. The van der Waals surface area contributed by atoms with Gasteiger partial charge >= 0.3 is 17.9 Å². The Balaban J connectivity index is 1.67. The molecule has 3 rings (SSSR count). The third-order valence-corrected chi connectivity index (χ3v) is 8.86. The molecule has 50 heavy (non-hydrogen) atoms. The molecule has 3 aromatic rings. The summed E-state index contributed by atoms with van der Waals surface area (Å²) in [5.74, 6) is 1.87. The minimum absolute atomic E-state index is 0.179. The summed E-state index contributed by atoms with van der Waals surface area (Å²) in [7, 11) is 4.24. The van der Waals surface area contributed by atoms with Crippen molar-refractivity contribution in [1.29, 1.82) is 0 Å². The van der Waals surface area contributed by atoms with Gasteiger partial charge in [-0.2, -0.15) is 0 Å². The van der Waals surface area contributed by atoms with Gasteiger partial charge in [0.15, 0.2) is 0 Å². The van der Waals surface area contributed by atoms with Crippen molar-refractivity contribution in [2.75, 3.05) is 41.2 Å². The molecule has 0 atom stereocenters. The number of carbonyl (C=O) groups excluding carboxylic acids is 3. The van der Waals surface area contributed by atoms with Crippen molar-refractivity contribution in [3.63, 3.8) is 0 Å². The molecule has 0 unspecified atom stereocenters. The first-order valence-corrected chi connectivity index (χ1v) is 17.7. The van der Waals surface area contributed by atoms with Crippen molar-refractivity contribution in [2.45, 2.75) is 89.4 Å². The summed E-state index contributed by atoms with van der Waals surface area (Å²) in [6, 6.07) is 24.8. The van der Waals surface area contributed by atoms with Crippen LogP contribution in [0, 0.1) is 0 Å². The van der Waals surface area contributed by atoms with Crippen LogP contribution < -0.4 is 14.2 Å². The number of ether oxygens (including phenoxy) is 6. The van der Waals surface area contributed by atoms with Crippen LogP contribution in [0.15, 0.2) is 72.8 Å². The molecule has 0 heterocycles. The molecule has 9 heteroatoms. The van der Waals surface area contributed by atoms with Crippen LogP contribution in [0.1, 0.15) is 101 Å². The lowest BCUT2D eigenvalue weighted by Crippen LogP contribution is -2.25. The molecule has 0 radical (unpaired) electrons. The van der Waals surface area contributed by atoms with E-state index in [1.54, 1.807) is 0 Å². The Bertz CT molecular complexity index is 1240. The molecule has 0 saturated carbocycles. The van der Waals surface area contributed by atoms with Gasteiger partial charge in [0, 0.05) is 24.7 Å². The Morgan fingerprint density at radius 2 is 0.680 bits per heavy atom. The zero-order chi connectivity index (χ0) is 36.0. The van der Waals surface area contributed by atoms with Gasteiger partial charge in [0.25, 0.3) is 0 Å². The van der Waals surface area contributed by atoms with Gasteiger partial charge in [0.2, 0.25) is 0 Å². The van der Waals surface area contributed by atoms with Crippen LogP contribution in [0.2, 0.25) is 0 Å². The van der Waals surface area contributed by atoms with Crippen molar-refractivity contribution in [3.05, 3.63) is 89.5 Å². The highest BCUT2D eigenvalue weighted by Gasteiger charge is 2.31. The van der Waals surface area contributed by atoms with E-state index in [0.717, 1.165) is 91.7 Å². The van der Waals surface area contributed by atoms with Crippen LogP contribution in [0.5, 0.6) is 17.2 Å². The van der Waals surface area contributed by atoms with Crippen molar-refractivity contribution >= 4 is 17.9 Å². The van der Waals surface area contributed by atoms with E-state index in [1.807, 2.05) is 36.4 Å². The SMILES string of the molecule is COC(=O)CCCCCOc1ccc(C(C)(c2ccc(OCCCCCC(=O)OC)cc2)c2ccc(OCCCCCC(=O)OC)cc2)cc1. The fourth-order valence-corrected chi connectivity index (χ4v) is 5.67. The predicted molar refractivity (Wildman–Crippen MR) is 193 cm³/mol. The largest absolute Gasteiger partial charge is 0.494 e. The van der Waals surface area contributed by atoms with Crippen LogP contribution in [-0.4, -0.2) is 59.1 Å². The lowest BCUT2D eigenvalue weighted by Gasteiger charge is -2.32. The van der Waals surface area contributed by atoms with Gasteiger partial charge in [0.05, 0.1) is 41.2 Å². The Morgan fingerprint density at radius 1 is 0.420 bits per heavy atom. The Kier molecular flexibility index (Phi) is 17.7. The summed E-state index contributed by atoms with van der Waals surface area (Å²) in [6.07, 6.45) is 8.93. The molecular formula is C41H54O9. The van der Waals surface area contributed by atoms with E-state index < -0.39 is 5.41 Å². The zero-order valence-electron chi connectivity index (χ0n) is 30.2. The maximum atomic E-state index is 11.3. The lowest BCUT2D eigenvalue weighted by molar-refractivity contribution is -0.141. The van der Waals surface area contributed by atoms with Gasteiger partial charge in [-0.15, -0.1) is 0 Å². The molecule has 272 valence electrons. The molecule has 0 aliphatic rings. The van der Waals surface area contributed by atoms with Crippen LogP contribution in [0.4, 0.5) is 0 Å². The first-order valence-electron chi connectivity index (χ1n) is 17.7. The van der Waals surface area contributed by atoms with E-state index in [9.17, 15) is 14.4 Å². The molecule has 0 aliphatic carbocycles. The van der Waals surface area contributed by atoms with Gasteiger partial charge in [-0.3, -0.25) is 14.4 Å². The van der Waals surface area contributed by atoms with Crippen LogP contribution in [0.25, 0.3) is 0 Å². The smallest absolute Gasteiger partial charge is 0.305 e. The summed E-state index contributed by atoms with van der Waals surface area (Å²) in [5, 5.41) is 0. The topological polar surface area (TPSA) is 107 Å². The first kappa shape index (κ1) is 39.9. The maximum Gasteiger partial charge on any atom is 0.305 e. The van der Waals surface area contributed by atoms with Gasteiger partial charge in [-0.25, -0.2) is 0 Å². The minimum Gasteiger partial charge on any atom is -0.494 e. The summed E-state index contributed by atoms with van der Waals surface area (Å²) >= 11 is 0. The van der Waals surface area contributed by atoms with Crippen molar-refractivity contribution in [3.8, 4) is 17.2 Å². The number of unbranched alkanes of at least 4 members (excludes halogenated alkanes) is 6. The highest BCUT2D eigenvalue weighted by Crippen LogP contribution is 2.40. The average molecular weight is 691 g/mol. The Morgan fingerprint density at radius 3 is 0.920 bits per heavy atom. The third kappa shape index (κ3) is 13.4. The second kappa shape index (κ2) is 22.2. The molecular weight excluding hydrogens is 636 g/mol. The summed E-state index contributed by atoms with van der Waals surface area (Å²) in [5.41, 5.74) is 2.86. The predicted octanol–water partition coefficient (Wildman–Crippen LogP) is 8.38. The third-order valence-electron chi connectivity index (χ3n) is 8.86. The van der Waals surface area contributed by atoms with Gasteiger partial charge in [-0.05, 0) is 118 Å². The number of carbonyl (C=O) groups is 3. The number of methoxy groups -OCH3 is 3. The zero-order valence-corrected chi connectivity index (χ0v) is 30.2. The number of rotatable bonds is 24. The Labute approximate surface area is 297 Å². The summed E-state index contributed by atoms with van der Waals surface area (Å²) in [6.45, 7) is 3.96. The normalized spacial score (nSPS) is 11.0. The summed E-state index contributed by atoms with van der Waals surface area (Å²) < 4.78 is 32.2. The van der Waals surface area contributed by atoms with Crippen LogP contribution in [-0.2, 0) is 34.0 Å². The lowest BCUT2D eigenvalue weighted by atomic mass is 9.71. The van der Waals surface area contributed by atoms with Crippen LogP contribution >= 0.6 is 0 Å². The molecule has 0 amide bonds. The number of hydrogen-bond acceptors (Lipinski definition) is 9. The van der Waals surface area contributed by atoms with Gasteiger partial charge in [0.1, 0.15) is 17.2 Å². The van der Waals surface area contributed by atoms with Crippen molar-refractivity contribution in [1.82, 2.24) is 0 Å². The highest BCUT2D eigenvalue weighted by atomic mass is 16.5.